The first kappa shape index (κ1) is 25.8. The van der Waals surface area contributed by atoms with Crippen molar-refractivity contribution in [1.29, 1.82) is 0 Å². The molecule has 0 radical (unpaired) electrons. The maximum absolute atomic E-state index is 12.7. The molecular formula is C26H35N3O2. The zero-order valence-corrected chi connectivity index (χ0v) is 20.3. The van der Waals surface area contributed by atoms with Crippen molar-refractivity contribution < 1.29 is 9.59 Å². The number of hydrogen-bond donors (Lipinski definition) is 1. The number of aliphatic imine (C=N–C) groups is 1. The van der Waals surface area contributed by atoms with E-state index in [1.807, 2.05) is 67.8 Å². The van der Waals surface area contributed by atoms with Crippen molar-refractivity contribution in [3.05, 3.63) is 70.3 Å². The lowest BCUT2D eigenvalue weighted by molar-refractivity contribution is -0.116. The van der Waals surface area contributed by atoms with Crippen LogP contribution in [-0.4, -0.2) is 38.5 Å². The summed E-state index contributed by atoms with van der Waals surface area (Å²) in [5, 5.41) is 2.53. The number of carbonyl (C=O) groups excluding carboxylic acids is 2. The number of likely N-dealkylation sites (N-methyl/N-ethyl adjacent to an activating group) is 1. The van der Waals surface area contributed by atoms with E-state index in [2.05, 4.69) is 22.3 Å². The molecule has 1 aliphatic carbocycles. The molecule has 166 valence electrons. The summed E-state index contributed by atoms with van der Waals surface area (Å²) in [5.41, 5.74) is 6.00. The third-order valence-corrected chi connectivity index (χ3v) is 4.67. The van der Waals surface area contributed by atoms with Crippen molar-refractivity contribution in [3.8, 4) is 0 Å². The molecule has 5 nitrogen and oxygen atoms in total. The lowest BCUT2D eigenvalue weighted by Crippen LogP contribution is -2.29. The summed E-state index contributed by atoms with van der Waals surface area (Å²) in [6.07, 6.45) is 1.59. The molecule has 0 spiro atoms. The number of carbonyl (C=O) groups is 2. The molecule has 31 heavy (non-hydrogen) atoms. The molecule has 0 heterocycles. The monoisotopic (exact) mass is 421 g/mol. The van der Waals surface area contributed by atoms with Gasteiger partial charge in [0.1, 0.15) is 0 Å². The molecule has 0 fully saturated rings. The van der Waals surface area contributed by atoms with Gasteiger partial charge in [0.25, 0.3) is 5.91 Å². The molecule has 0 aliphatic heterocycles. The Bertz CT molecular complexity index is 978. The van der Waals surface area contributed by atoms with Crippen LogP contribution < -0.4 is 10.2 Å². The van der Waals surface area contributed by atoms with Crippen LogP contribution in [0.2, 0.25) is 0 Å². The zero-order valence-electron chi connectivity index (χ0n) is 20.3. The lowest BCUT2D eigenvalue weighted by atomic mass is 9.88. The normalized spacial score (nSPS) is 13.1. The van der Waals surface area contributed by atoms with E-state index in [0.717, 1.165) is 28.1 Å². The van der Waals surface area contributed by atoms with Crippen molar-refractivity contribution in [2.75, 3.05) is 26.0 Å². The fourth-order valence-corrected chi connectivity index (χ4v) is 3.21. The maximum Gasteiger partial charge on any atom is 0.255 e. The van der Waals surface area contributed by atoms with Gasteiger partial charge in [0.2, 0.25) is 0 Å². The Morgan fingerprint density at radius 3 is 1.94 bits per heavy atom. The molecule has 2 aromatic rings. The van der Waals surface area contributed by atoms with Gasteiger partial charge in [-0.25, -0.2) is 4.99 Å². The largest absolute Gasteiger partial charge is 0.378 e. The van der Waals surface area contributed by atoms with E-state index >= 15 is 0 Å². The van der Waals surface area contributed by atoms with Gasteiger partial charge in [0, 0.05) is 38.0 Å². The van der Waals surface area contributed by atoms with Gasteiger partial charge in [-0.15, -0.1) is 0 Å². The Kier molecular flexibility index (Phi) is 9.87. The van der Waals surface area contributed by atoms with E-state index in [1.54, 1.807) is 18.2 Å². The van der Waals surface area contributed by atoms with Crippen LogP contribution in [0.5, 0.6) is 0 Å². The SMILES string of the molecule is CC.CC.CNC(=O)C1=CC(=Nc2c(C)cc(N(C)C)cc2C)c2ccccc2C1=O. The number of nitrogens with zero attached hydrogens (tertiary/aromatic N) is 2. The highest BCUT2D eigenvalue weighted by atomic mass is 16.2. The number of aryl methyl sites for hydroxylation is 2. The number of rotatable bonds is 3. The van der Waals surface area contributed by atoms with E-state index in [-0.39, 0.29) is 11.4 Å². The molecule has 0 atom stereocenters. The average molecular weight is 422 g/mol. The highest BCUT2D eigenvalue weighted by Crippen LogP contribution is 2.31. The van der Waals surface area contributed by atoms with Crippen LogP contribution in [0.4, 0.5) is 11.4 Å². The second kappa shape index (κ2) is 11.8. The number of amides is 1. The van der Waals surface area contributed by atoms with Crippen LogP contribution in [-0.2, 0) is 4.79 Å². The number of anilines is 1. The first-order chi connectivity index (χ1) is 14.8. The number of fused-ring (bicyclic) bond motifs is 1. The molecule has 0 saturated heterocycles. The summed E-state index contributed by atoms with van der Waals surface area (Å²) >= 11 is 0. The van der Waals surface area contributed by atoms with Gasteiger partial charge in [-0.3, -0.25) is 9.59 Å². The quantitative estimate of drug-likeness (QED) is 0.674. The topological polar surface area (TPSA) is 61.8 Å². The maximum atomic E-state index is 12.7. The van der Waals surface area contributed by atoms with Crippen LogP contribution in [0.15, 0.2) is 53.0 Å². The highest BCUT2D eigenvalue weighted by Gasteiger charge is 2.28. The Labute approximate surface area is 186 Å². The van der Waals surface area contributed by atoms with Crippen molar-refractivity contribution >= 4 is 28.8 Å². The summed E-state index contributed by atoms with van der Waals surface area (Å²) in [6, 6.07) is 11.4. The molecule has 1 aliphatic rings. The smallest absolute Gasteiger partial charge is 0.255 e. The van der Waals surface area contributed by atoms with Gasteiger partial charge < -0.3 is 10.2 Å². The number of nitrogens with one attached hydrogen (secondary N) is 1. The van der Waals surface area contributed by atoms with E-state index in [4.69, 9.17) is 4.99 Å². The van der Waals surface area contributed by atoms with Gasteiger partial charge in [0.05, 0.1) is 17.0 Å². The lowest BCUT2D eigenvalue weighted by Gasteiger charge is -2.19. The molecule has 5 heteroatoms. The van der Waals surface area contributed by atoms with Crippen LogP contribution >= 0.6 is 0 Å². The second-order valence-electron chi connectivity index (χ2n) is 6.83. The first-order valence-electron chi connectivity index (χ1n) is 10.8. The van der Waals surface area contributed by atoms with Gasteiger partial charge in [-0.05, 0) is 43.2 Å². The third kappa shape index (κ3) is 5.69. The van der Waals surface area contributed by atoms with Gasteiger partial charge in [-0.1, -0.05) is 52.0 Å². The molecule has 1 N–H and O–H groups in total. The van der Waals surface area contributed by atoms with E-state index in [9.17, 15) is 9.59 Å². The minimum Gasteiger partial charge on any atom is -0.378 e. The van der Waals surface area contributed by atoms with Crippen molar-refractivity contribution in [2.24, 2.45) is 4.99 Å². The molecule has 1 amide bonds. The summed E-state index contributed by atoms with van der Waals surface area (Å²) in [7, 11) is 5.52. The van der Waals surface area contributed by atoms with Crippen LogP contribution in [0.1, 0.15) is 54.7 Å². The summed E-state index contributed by atoms with van der Waals surface area (Å²) in [4.78, 5) is 31.8. The molecular weight excluding hydrogens is 386 g/mol. The fourth-order valence-electron chi connectivity index (χ4n) is 3.21. The summed E-state index contributed by atoms with van der Waals surface area (Å²) < 4.78 is 0. The van der Waals surface area contributed by atoms with Crippen LogP contribution in [0.3, 0.4) is 0 Å². The molecule has 0 aromatic heterocycles. The fraction of sp³-hybridized carbons (Fsp3) is 0.346. The Hall–Kier alpha value is -3.21. The Morgan fingerprint density at radius 2 is 1.45 bits per heavy atom. The van der Waals surface area contributed by atoms with Crippen LogP contribution in [0.25, 0.3) is 0 Å². The third-order valence-electron chi connectivity index (χ3n) is 4.67. The molecule has 0 saturated carbocycles. The van der Waals surface area contributed by atoms with Gasteiger partial charge >= 0.3 is 0 Å². The standard InChI is InChI=1S/C22H23N3O2.2C2H6/c1-13-10-15(25(4)5)11-14(2)20(13)24-19-12-18(22(27)23-3)21(26)17-9-7-6-8-16(17)19;2*1-2/h6-12H,1-5H3,(H,23,27);2*1-2H3. The number of ketones is 1. The minimum absolute atomic E-state index is 0.107. The summed E-state index contributed by atoms with van der Waals surface area (Å²) in [6.45, 7) is 12.0. The van der Waals surface area contributed by atoms with Crippen LogP contribution in [0, 0.1) is 13.8 Å². The molecule has 0 bridgehead atoms. The van der Waals surface area contributed by atoms with Gasteiger partial charge in [0.15, 0.2) is 5.78 Å². The highest BCUT2D eigenvalue weighted by molar-refractivity contribution is 6.35. The molecule has 2 aromatic carbocycles. The van der Waals surface area contributed by atoms with E-state index in [1.165, 1.54) is 7.05 Å². The Morgan fingerprint density at radius 1 is 0.935 bits per heavy atom. The molecule has 3 rings (SSSR count). The van der Waals surface area contributed by atoms with Crippen molar-refractivity contribution in [1.82, 2.24) is 5.32 Å². The minimum atomic E-state index is -0.404. The number of benzene rings is 2. The zero-order chi connectivity index (χ0) is 23.7. The second-order valence-corrected chi connectivity index (χ2v) is 6.83. The first-order valence-corrected chi connectivity index (χ1v) is 10.8. The molecule has 0 unspecified atom stereocenters. The summed E-state index contributed by atoms with van der Waals surface area (Å²) in [5.74, 6) is -0.682. The van der Waals surface area contributed by atoms with E-state index in [0.29, 0.717) is 11.3 Å². The van der Waals surface area contributed by atoms with E-state index < -0.39 is 5.91 Å². The Balaban J connectivity index is 0.00000113. The van der Waals surface area contributed by atoms with Crippen molar-refractivity contribution in [3.63, 3.8) is 0 Å². The number of Topliss-reactive ketones (excluding diaryl/α,β-unsaturated/α-hetero) is 1. The van der Waals surface area contributed by atoms with Gasteiger partial charge in [-0.2, -0.15) is 0 Å². The van der Waals surface area contributed by atoms with Crippen molar-refractivity contribution in [2.45, 2.75) is 41.5 Å². The average Bonchev–Trinajstić information content (AvgIpc) is 2.79. The number of allylic oxidation sites excluding steroid dienone is 1. The predicted octanol–water partition coefficient (Wildman–Crippen LogP) is 5.41. The predicted molar refractivity (Wildman–Crippen MR) is 132 cm³/mol. The number of hydrogen-bond acceptors (Lipinski definition) is 4.